The number of nitrogens with one attached hydrogen (secondary N) is 1. The third-order valence-corrected chi connectivity index (χ3v) is 1.78. The van der Waals surface area contributed by atoms with E-state index < -0.39 is 17.9 Å². The summed E-state index contributed by atoms with van der Waals surface area (Å²) in [6.07, 6.45) is 0.549. The zero-order valence-electron chi connectivity index (χ0n) is 7.91. The number of hydrogen-bond donors (Lipinski definition) is 3. The van der Waals surface area contributed by atoms with Gasteiger partial charge in [-0.2, -0.15) is 0 Å². The molecule has 0 aromatic heterocycles. The van der Waals surface area contributed by atoms with Crippen molar-refractivity contribution in [2.45, 2.75) is 26.3 Å². The maximum absolute atomic E-state index is 11.1. The molecule has 0 rings (SSSR count). The molecule has 0 aliphatic heterocycles. The lowest BCUT2D eigenvalue weighted by Gasteiger charge is -2.11. The minimum atomic E-state index is -0.926. The smallest absolute Gasteiger partial charge is 0.308 e. The van der Waals surface area contributed by atoms with Gasteiger partial charge in [0, 0.05) is 6.54 Å². The van der Waals surface area contributed by atoms with Gasteiger partial charge in [-0.05, 0) is 6.42 Å². The van der Waals surface area contributed by atoms with Gasteiger partial charge in [0.05, 0.1) is 12.0 Å². The van der Waals surface area contributed by atoms with Gasteiger partial charge in [0.15, 0.2) is 0 Å². The SMILES string of the molecule is CC[C@@H](N)C(=O)NCC(C)C(=O)O. The van der Waals surface area contributed by atoms with Crippen molar-refractivity contribution in [1.29, 1.82) is 0 Å². The minimum Gasteiger partial charge on any atom is -0.481 e. The normalized spacial score (nSPS) is 14.7. The molecule has 0 aliphatic carbocycles. The zero-order valence-corrected chi connectivity index (χ0v) is 7.91. The molecule has 4 N–H and O–H groups in total. The fraction of sp³-hybridized carbons (Fsp3) is 0.750. The number of rotatable bonds is 5. The standard InChI is InChI=1S/C8H16N2O3/c1-3-6(9)7(11)10-4-5(2)8(12)13/h5-6H,3-4,9H2,1-2H3,(H,10,11)(H,12,13)/t5?,6-/m1/s1. The first-order valence-electron chi connectivity index (χ1n) is 4.25. The molecule has 0 bridgehead atoms. The Hall–Kier alpha value is -1.10. The van der Waals surface area contributed by atoms with Gasteiger partial charge in [-0.1, -0.05) is 13.8 Å². The Labute approximate surface area is 77.3 Å². The summed E-state index contributed by atoms with van der Waals surface area (Å²) >= 11 is 0. The van der Waals surface area contributed by atoms with Crippen molar-refractivity contribution in [1.82, 2.24) is 5.32 Å². The molecule has 0 saturated heterocycles. The number of carbonyl (C=O) groups is 2. The first-order chi connectivity index (χ1) is 5.99. The molecule has 5 heteroatoms. The molecule has 2 atom stereocenters. The largest absolute Gasteiger partial charge is 0.481 e. The van der Waals surface area contributed by atoms with Crippen molar-refractivity contribution in [2.75, 3.05) is 6.54 Å². The third kappa shape index (κ3) is 4.47. The zero-order chi connectivity index (χ0) is 10.4. The molecule has 1 amide bonds. The van der Waals surface area contributed by atoms with E-state index in [4.69, 9.17) is 10.8 Å². The molecule has 1 unspecified atom stereocenters. The molecular formula is C8H16N2O3. The van der Waals surface area contributed by atoms with Crippen molar-refractivity contribution in [3.05, 3.63) is 0 Å². The summed E-state index contributed by atoms with van der Waals surface area (Å²) in [7, 11) is 0. The highest BCUT2D eigenvalue weighted by Crippen LogP contribution is 1.92. The molecule has 0 fully saturated rings. The van der Waals surface area contributed by atoms with Gasteiger partial charge in [0.25, 0.3) is 0 Å². The number of aliphatic carboxylic acids is 1. The highest BCUT2D eigenvalue weighted by molar-refractivity contribution is 5.82. The van der Waals surface area contributed by atoms with E-state index in [-0.39, 0.29) is 12.5 Å². The van der Waals surface area contributed by atoms with Crippen LogP contribution in [0.25, 0.3) is 0 Å². The lowest BCUT2D eigenvalue weighted by molar-refractivity contribution is -0.141. The Bertz CT molecular complexity index is 194. The Morgan fingerprint density at radius 2 is 2.08 bits per heavy atom. The molecule has 0 saturated carbocycles. The average Bonchev–Trinajstić information content (AvgIpc) is 2.11. The van der Waals surface area contributed by atoms with Crippen LogP contribution >= 0.6 is 0 Å². The van der Waals surface area contributed by atoms with Gasteiger partial charge in [-0.3, -0.25) is 9.59 Å². The second-order valence-corrected chi connectivity index (χ2v) is 3.00. The number of hydrogen-bond acceptors (Lipinski definition) is 3. The van der Waals surface area contributed by atoms with E-state index in [1.165, 1.54) is 6.92 Å². The summed E-state index contributed by atoms with van der Waals surface area (Å²) < 4.78 is 0. The highest BCUT2D eigenvalue weighted by atomic mass is 16.4. The summed E-state index contributed by atoms with van der Waals surface area (Å²) in [4.78, 5) is 21.4. The molecular weight excluding hydrogens is 172 g/mol. The lowest BCUT2D eigenvalue weighted by atomic mass is 10.1. The Kier molecular flexibility index (Phi) is 5.06. The molecule has 0 aromatic rings. The summed E-state index contributed by atoms with van der Waals surface area (Å²) in [5.74, 6) is -1.80. The summed E-state index contributed by atoms with van der Waals surface area (Å²) in [5, 5.41) is 11.0. The summed E-state index contributed by atoms with van der Waals surface area (Å²) in [6, 6.07) is -0.541. The van der Waals surface area contributed by atoms with Gasteiger partial charge in [-0.25, -0.2) is 0 Å². The maximum Gasteiger partial charge on any atom is 0.308 e. The molecule has 5 nitrogen and oxygen atoms in total. The van der Waals surface area contributed by atoms with E-state index in [2.05, 4.69) is 5.32 Å². The maximum atomic E-state index is 11.1. The van der Waals surface area contributed by atoms with Crippen LogP contribution in [-0.2, 0) is 9.59 Å². The average molecular weight is 188 g/mol. The van der Waals surface area contributed by atoms with Crippen LogP contribution in [0.1, 0.15) is 20.3 Å². The van der Waals surface area contributed by atoms with E-state index in [9.17, 15) is 9.59 Å². The topological polar surface area (TPSA) is 92.4 Å². The van der Waals surface area contributed by atoms with Crippen molar-refractivity contribution >= 4 is 11.9 Å². The monoisotopic (exact) mass is 188 g/mol. The minimum absolute atomic E-state index is 0.127. The first-order valence-corrected chi connectivity index (χ1v) is 4.25. The van der Waals surface area contributed by atoms with Gasteiger partial charge in [-0.15, -0.1) is 0 Å². The van der Waals surface area contributed by atoms with Gasteiger partial charge in [0.1, 0.15) is 0 Å². The van der Waals surface area contributed by atoms with E-state index in [1.807, 2.05) is 0 Å². The second-order valence-electron chi connectivity index (χ2n) is 3.00. The Morgan fingerprint density at radius 1 is 1.54 bits per heavy atom. The summed E-state index contributed by atoms with van der Waals surface area (Å²) in [5.41, 5.74) is 5.42. The predicted molar refractivity (Wildman–Crippen MR) is 48.1 cm³/mol. The predicted octanol–water partition coefficient (Wildman–Crippen LogP) is -0.439. The number of carbonyl (C=O) groups excluding carboxylic acids is 1. The Morgan fingerprint density at radius 3 is 2.46 bits per heavy atom. The van der Waals surface area contributed by atoms with Crippen molar-refractivity contribution in [3.8, 4) is 0 Å². The fourth-order valence-electron chi connectivity index (χ4n) is 0.657. The van der Waals surface area contributed by atoms with Crippen molar-refractivity contribution in [2.24, 2.45) is 11.7 Å². The number of amides is 1. The number of carboxylic acid groups (broad SMARTS) is 1. The van der Waals surface area contributed by atoms with E-state index >= 15 is 0 Å². The fourth-order valence-corrected chi connectivity index (χ4v) is 0.657. The first kappa shape index (κ1) is 11.9. The van der Waals surface area contributed by atoms with Gasteiger partial charge in [0.2, 0.25) is 5.91 Å². The highest BCUT2D eigenvalue weighted by Gasteiger charge is 2.14. The van der Waals surface area contributed by atoms with Crippen molar-refractivity contribution < 1.29 is 14.7 Å². The molecule has 13 heavy (non-hydrogen) atoms. The van der Waals surface area contributed by atoms with Crippen LogP contribution in [0.2, 0.25) is 0 Å². The molecule has 0 aromatic carbocycles. The van der Waals surface area contributed by atoms with Crippen molar-refractivity contribution in [3.63, 3.8) is 0 Å². The lowest BCUT2D eigenvalue weighted by Crippen LogP contribution is -2.42. The third-order valence-electron chi connectivity index (χ3n) is 1.78. The molecule has 0 radical (unpaired) electrons. The van der Waals surface area contributed by atoms with Crippen LogP contribution in [0, 0.1) is 5.92 Å². The molecule has 76 valence electrons. The Balaban J connectivity index is 3.76. The van der Waals surface area contributed by atoms with Gasteiger partial charge < -0.3 is 16.2 Å². The number of nitrogens with two attached hydrogens (primary N) is 1. The van der Waals surface area contributed by atoms with E-state index in [0.29, 0.717) is 6.42 Å². The van der Waals surface area contributed by atoms with E-state index in [0.717, 1.165) is 0 Å². The second kappa shape index (κ2) is 5.53. The van der Waals surface area contributed by atoms with Crippen LogP contribution in [0.5, 0.6) is 0 Å². The molecule has 0 spiro atoms. The van der Waals surface area contributed by atoms with Crippen LogP contribution in [0.15, 0.2) is 0 Å². The number of carboxylic acids is 1. The molecule has 0 heterocycles. The quantitative estimate of drug-likeness (QED) is 0.545. The van der Waals surface area contributed by atoms with Gasteiger partial charge >= 0.3 is 5.97 Å². The summed E-state index contributed by atoms with van der Waals surface area (Å²) in [6.45, 7) is 3.45. The van der Waals surface area contributed by atoms with Crippen LogP contribution in [-0.4, -0.2) is 29.6 Å². The molecule has 0 aliphatic rings. The van der Waals surface area contributed by atoms with Crippen LogP contribution in [0.3, 0.4) is 0 Å². The van der Waals surface area contributed by atoms with E-state index in [1.54, 1.807) is 6.92 Å². The van der Waals surface area contributed by atoms with Crippen LogP contribution < -0.4 is 11.1 Å². The van der Waals surface area contributed by atoms with Crippen LogP contribution in [0.4, 0.5) is 0 Å².